The van der Waals surface area contributed by atoms with Gasteiger partial charge in [-0.25, -0.2) is 0 Å². The van der Waals surface area contributed by atoms with E-state index in [-0.39, 0.29) is 17.3 Å². The maximum atomic E-state index is 11.7. The lowest BCUT2D eigenvalue weighted by atomic mass is 10.2. The summed E-state index contributed by atoms with van der Waals surface area (Å²) in [5.41, 5.74) is 5.38. The van der Waals surface area contributed by atoms with Crippen LogP contribution in [0.15, 0.2) is 0 Å². The fourth-order valence-electron chi connectivity index (χ4n) is 1.82. The van der Waals surface area contributed by atoms with Crippen LogP contribution in [0.2, 0.25) is 0 Å². The third kappa shape index (κ3) is 5.43. The van der Waals surface area contributed by atoms with E-state index in [1.165, 1.54) is 0 Å². The first-order valence-electron chi connectivity index (χ1n) is 5.92. The van der Waals surface area contributed by atoms with E-state index in [0.717, 1.165) is 39.3 Å². The van der Waals surface area contributed by atoms with E-state index in [1.54, 1.807) is 0 Å². The van der Waals surface area contributed by atoms with Gasteiger partial charge in [0.1, 0.15) is 0 Å². The Labute approximate surface area is 109 Å². The molecule has 1 aliphatic heterocycles. The number of hydrogen-bond acceptors (Lipinski definition) is 4. The molecule has 98 valence electrons. The molecule has 1 aliphatic rings. The third-order valence-corrected chi connectivity index (χ3v) is 3.06. The van der Waals surface area contributed by atoms with Crippen LogP contribution in [0.4, 0.5) is 0 Å². The Morgan fingerprint density at radius 2 is 1.88 bits per heavy atom. The fraction of sp³-hybridized carbons (Fsp3) is 0.818. The number of amides is 1. The highest BCUT2D eigenvalue weighted by atomic mass is 32.1. The van der Waals surface area contributed by atoms with Gasteiger partial charge in [-0.3, -0.25) is 9.69 Å². The van der Waals surface area contributed by atoms with Crippen molar-refractivity contribution in [3.8, 4) is 0 Å². The van der Waals surface area contributed by atoms with Crippen molar-refractivity contribution in [2.75, 3.05) is 53.4 Å². The molecular weight excluding hydrogens is 236 g/mol. The topological polar surface area (TPSA) is 52.8 Å². The molecule has 17 heavy (non-hydrogen) atoms. The molecule has 2 N–H and O–H groups in total. The standard InChI is InChI=1S/C11H22N4OS/c1-13(2)3-4-14-5-7-15(8-6-14)11(16)9-10(12)17/h3-9H2,1-2H3,(H2,12,17). The summed E-state index contributed by atoms with van der Waals surface area (Å²) < 4.78 is 0. The van der Waals surface area contributed by atoms with Gasteiger partial charge in [0.2, 0.25) is 5.91 Å². The predicted octanol–water partition coefficient (Wildman–Crippen LogP) is -0.632. The summed E-state index contributed by atoms with van der Waals surface area (Å²) in [7, 11) is 4.14. The summed E-state index contributed by atoms with van der Waals surface area (Å²) in [6, 6.07) is 0. The highest BCUT2D eigenvalue weighted by Gasteiger charge is 2.20. The van der Waals surface area contributed by atoms with Gasteiger partial charge in [-0.1, -0.05) is 12.2 Å². The molecule has 0 aromatic rings. The number of nitrogens with zero attached hydrogens (tertiary/aromatic N) is 3. The molecule has 1 saturated heterocycles. The SMILES string of the molecule is CN(C)CCN1CCN(C(=O)CC(N)=S)CC1. The minimum absolute atomic E-state index is 0.0600. The summed E-state index contributed by atoms with van der Waals surface area (Å²) in [5, 5.41) is 0. The zero-order chi connectivity index (χ0) is 12.8. The van der Waals surface area contributed by atoms with Gasteiger partial charge in [-0.2, -0.15) is 0 Å². The summed E-state index contributed by atoms with van der Waals surface area (Å²) in [6.45, 7) is 5.57. The zero-order valence-electron chi connectivity index (χ0n) is 10.7. The quantitative estimate of drug-likeness (QED) is 0.665. The zero-order valence-corrected chi connectivity index (χ0v) is 11.5. The molecule has 0 bridgehead atoms. The van der Waals surface area contributed by atoms with Crippen molar-refractivity contribution in [1.29, 1.82) is 0 Å². The van der Waals surface area contributed by atoms with E-state index in [2.05, 4.69) is 23.9 Å². The van der Waals surface area contributed by atoms with Crippen LogP contribution in [0.3, 0.4) is 0 Å². The normalized spacial score (nSPS) is 17.5. The van der Waals surface area contributed by atoms with Crippen LogP contribution in [0, 0.1) is 0 Å². The molecule has 0 aromatic heterocycles. The van der Waals surface area contributed by atoms with Crippen LogP contribution >= 0.6 is 12.2 Å². The number of piperazine rings is 1. The summed E-state index contributed by atoms with van der Waals surface area (Å²) in [4.78, 5) is 18.4. The van der Waals surface area contributed by atoms with Crippen LogP contribution in [0.5, 0.6) is 0 Å². The Kier molecular flexibility index (Phi) is 5.80. The van der Waals surface area contributed by atoms with E-state index < -0.39 is 0 Å². The van der Waals surface area contributed by atoms with Crippen molar-refractivity contribution in [2.24, 2.45) is 5.73 Å². The average molecular weight is 258 g/mol. The highest BCUT2D eigenvalue weighted by Crippen LogP contribution is 2.03. The lowest BCUT2D eigenvalue weighted by molar-refractivity contribution is -0.131. The van der Waals surface area contributed by atoms with Crippen LogP contribution in [-0.4, -0.2) is 79.0 Å². The van der Waals surface area contributed by atoms with Crippen molar-refractivity contribution in [1.82, 2.24) is 14.7 Å². The second-order valence-electron chi connectivity index (χ2n) is 4.67. The molecule has 0 radical (unpaired) electrons. The smallest absolute Gasteiger partial charge is 0.229 e. The van der Waals surface area contributed by atoms with Gasteiger partial charge >= 0.3 is 0 Å². The summed E-state index contributed by atoms with van der Waals surface area (Å²) >= 11 is 4.75. The number of carbonyl (C=O) groups excluding carboxylic acids is 1. The van der Waals surface area contributed by atoms with Gasteiger partial charge in [0.05, 0.1) is 11.4 Å². The molecule has 0 aliphatic carbocycles. The third-order valence-electron chi connectivity index (χ3n) is 2.91. The van der Waals surface area contributed by atoms with Crippen LogP contribution in [-0.2, 0) is 4.79 Å². The monoisotopic (exact) mass is 258 g/mol. The molecule has 1 fully saturated rings. The van der Waals surface area contributed by atoms with E-state index in [9.17, 15) is 4.79 Å². The second-order valence-corrected chi connectivity index (χ2v) is 5.19. The largest absolute Gasteiger partial charge is 0.393 e. The van der Waals surface area contributed by atoms with E-state index in [4.69, 9.17) is 18.0 Å². The average Bonchev–Trinajstić information content (AvgIpc) is 2.26. The van der Waals surface area contributed by atoms with Gasteiger partial charge in [0, 0.05) is 39.3 Å². The van der Waals surface area contributed by atoms with Crippen molar-refractivity contribution in [3.05, 3.63) is 0 Å². The molecule has 1 heterocycles. The van der Waals surface area contributed by atoms with E-state index in [0.29, 0.717) is 0 Å². The lowest BCUT2D eigenvalue weighted by Gasteiger charge is -2.35. The molecule has 5 nitrogen and oxygen atoms in total. The van der Waals surface area contributed by atoms with Crippen LogP contribution < -0.4 is 5.73 Å². The second kappa shape index (κ2) is 6.88. The van der Waals surface area contributed by atoms with E-state index >= 15 is 0 Å². The predicted molar refractivity (Wildman–Crippen MR) is 73.0 cm³/mol. The number of likely N-dealkylation sites (N-methyl/N-ethyl adjacent to an activating group) is 1. The lowest BCUT2D eigenvalue weighted by Crippen LogP contribution is -2.50. The summed E-state index contributed by atoms with van der Waals surface area (Å²) in [6.07, 6.45) is 0.201. The molecule has 1 amide bonds. The number of thiocarbonyl (C=S) groups is 1. The minimum atomic E-state index is 0.0600. The molecule has 0 saturated carbocycles. The Balaban J connectivity index is 2.25. The van der Waals surface area contributed by atoms with Crippen molar-refractivity contribution >= 4 is 23.1 Å². The molecule has 0 aromatic carbocycles. The van der Waals surface area contributed by atoms with Crippen molar-refractivity contribution in [3.63, 3.8) is 0 Å². The number of nitrogens with two attached hydrogens (primary N) is 1. The highest BCUT2D eigenvalue weighted by molar-refractivity contribution is 7.80. The first-order valence-corrected chi connectivity index (χ1v) is 6.33. The molecule has 0 unspecified atom stereocenters. The van der Waals surface area contributed by atoms with Gasteiger partial charge in [0.25, 0.3) is 0 Å². The van der Waals surface area contributed by atoms with Gasteiger partial charge in [0.15, 0.2) is 0 Å². The minimum Gasteiger partial charge on any atom is -0.393 e. The van der Waals surface area contributed by atoms with Gasteiger partial charge in [-0.15, -0.1) is 0 Å². The molecular formula is C11H22N4OS. The Morgan fingerprint density at radius 1 is 1.29 bits per heavy atom. The van der Waals surface area contributed by atoms with Crippen molar-refractivity contribution in [2.45, 2.75) is 6.42 Å². The van der Waals surface area contributed by atoms with Crippen LogP contribution in [0.1, 0.15) is 6.42 Å². The molecule has 6 heteroatoms. The maximum absolute atomic E-state index is 11.7. The van der Waals surface area contributed by atoms with Crippen molar-refractivity contribution < 1.29 is 4.79 Å². The molecule has 0 spiro atoms. The number of rotatable bonds is 5. The maximum Gasteiger partial charge on any atom is 0.229 e. The fourth-order valence-corrected chi connectivity index (χ4v) is 1.95. The Morgan fingerprint density at radius 3 is 2.35 bits per heavy atom. The Bertz CT molecular complexity index is 275. The Hall–Kier alpha value is -0.720. The molecule has 0 atom stereocenters. The number of carbonyl (C=O) groups is 1. The van der Waals surface area contributed by atoms with Crippen LogP contribution in [0.25, 0.3) is 0 Å². The first-order chi connectivity index (χ1) is 7.99. The van der Waals surface area contributed by atoms with Gasteiger partial charge in [-0.05, 0) is 14.1 Å². The first kappa shape index (κ1) is 14.3. The van der Waals surface area contributed by atoms with E-state index in [1.807, 2.05) is 4.90 Å². The summed E-state index contributed by atoms with van der Waals surface area (Å²) in [5.74, 6) is 0.0600. The molecule has 1 rings (SSSR count). The van der Waals surface area contributed by atoms with Gasteiger partial charge < -0.3 is 15.5 Å². The number of hydrogen-bond donors (Lipinski definition) is 1.